The highest BCUT2D eigenvalue weighted by atomic mass is 79.9. The third-order valence-corrected chi connectivity index (χ3v) is 4.74. The highest BCUT2D eigenvalue weighted by molar-refractivity contribution is 9.10. The van der Waals surface area contributed by atoms with Gasteiger partial charge in [0.15, 0.2) is 0 Å². The van der Waals surface area contributed by atoms with Crippen LogP contribution in [0.4, 0.5) is 0 Å². The summed E-state index contributed by atoms with van der Waals surface area (Å²) in [5.41, 5.74) is 0.449. The zero-order valence-corrected chi connectivity index (χ0v) is 17.5. The van der Waals surface area contributed by atoms with E-state index in [1.165, 1.54) is 18.2 Å². The van der Waals surface area contributed by atoms with Gasteiger partial charge in [0.25, 0.3) is 0 Å². The summed E-state index contributed by atoms with van der Waals surface area (Å²) in [5, 5.41) is 8.96. The molecule has 0 bridgehead atoms. The van der Waals surface area contributed by atoms with E-state index in [1.54, 1.807) is 18.2 Å². The van der Waals surface area contributed by atoms with Crippen LogP contribution in [0.25, 0.3) is 0 Å². The van der Waals surface area contributed by atoms with Crippen molar-refractivity contribution in [2.24, 2.45) is 5.92 Å². The standard InChI is InChI=1S/C19H18Br2O5/c1-11(2)7-8-25-16-5-4-13(10-14(16)20)19(24)26-17-6-3-12(18(22)23)9-15(17)21/h3-6,9-11H,7-8H2,1-2H3,(H,22,23). The molecule has 0 aromatic heterocycles. The van der Waals surface area contributed by atoms with Crippen molar-refractivity contribution in [1.82, 2.24) is 0 Å². The number of carboxylic acids is 1. The van der Waals surface area contributed by atoms with Crippen LogP contribution in [-0.4, -0.2) is 23.7 Å². The maximum absolute atomic E-state index is 12.3. The number of carbonyl (C=O) groups excluding carboxylic acids is 1. The van der Waals surface area contributed by atoms with Crippen LogP contribution in [0.3, 0.4) is 0 Å². The van der Waals surface area contributed by atoms with Crippen LogP contribution < -0.4 is 9.47 Å². The average Bonchev–Trinajstić information content (AvgIpc) is 2.57. The van der Waals surface area contributed by atoms with Crippen LogP contribution in [0.2, 0.25) is 0 Å². The molecule has 138 valence electrons. The molecule has 0 aliphatic heterocycles. The highest BCUT2D eigenvalue weighted by Crippen LogP contribution is 2.29. The predicted octanol–water partition coefficient (Wildman–Crippen LogP) is 5.55. The molecule has 0 aliphatic carbocycles. The summed E-state index contributed by atoms with van der Waals surface area (Å²) < 4.78 is 12.1. The second-order valence-electron chi connectivity index (χ2n) is 6.02. The first-order valence-electron chi connectivity index (χ1n) is 7.95. The third-order valence-electron chi connectivity index (χ3n) is 3.50. The number of esters is 1. The summed E-state index contributed by atoms with van der Waals surface area (Å²) >= 11 is 6.61. The van der Waals surface area contributed by atoms with Crippen LogP contribution in [0.1, 0.15) is 41.0 Å². The molecule has 0 radical (unpaired) electrons. The summed E-state index contributed by atoms with van der Waals surface area (Å²) in [6.07, 6.45) is 0.941. The van der Waals surface area contributed by atoms with E-state index in [4.69, 9.17) is 14.6 Å². The maximum atomic E-state index is 12.3. The quantitative estimate of drug-likeness (QED) is 0.411. The molecule has 1 N–H and O–H groups in total. The third kappa shape index (κ3) is 5.57. The second kappa shape index (κ2) is 9.19. The topological polar surface area (TPSA) is 72.8 Å². The number of rotatable bonds is 7. The minimum Gasteiger partial charge on any atom is -0.492 e. The van der Waals surface area contributed by atoms with Gasteiger partial charge >= 0.3 is 11.9 Å². The van der Waals surface area contributed by atoms with Crippen molar-refractivity contribution in [3.8, 4) is 11.5 Å². The fourth-order valence-corrected chi connectivity index (χ4v) is 2.98. The molecule has 2 aromatic carbocycles. The van der Waals surface area contributed by atoms with Crippen LogP contribution >= 0.6 is 31.9 Å². The molecule has 5 nitrogen and oxygen atoms in total. The minimum absolute atomic E-state index is 0.0994. The molecule has 0 heterocycles. The average molecular weight is 486 g/mol. The van der Waals surface area contributed by atoms with Crippen molar-refractivity contribution in [2.45, 2.75) is 20.3 Å². The molecule has 2 aromatic rings. The summed E-state index contributed by atoms with van der Waals surface area (Å²) in [4.78, 5) is 23.3. The van der Waals surface area contributed by atoms with Crippen LogP contribution in [0.5, 0.6) is 11.5 Å². The molecule has 7 heteroatoms. The first-order chi connectivity index (χ1) is 12.3. The van der Waals surface area contributed by atoms with E-state index in [2.05, 4.69) is 45.7 Å². The molecular formula is C19H18Br2O5. The molecule has 0 aliphatic rings. The van der Waals surface area contributed by atoms with Crippen LogP contribution in [0.15, 0.2) is 45.3 Å². The van der Waals surface area contributed by atoms with Gasteiger partial charge in [0.2, 0.25) is 0 Å². The van der Waals surface area contributed by atoms with Gasteiger partial charge in [-0.3, -0.25) is 0 Å². The van der Waals surface area contributed by atoms with E-state index in [0.29, 0.717) is 32.8 Å². The Labute approximate surface area is 168 Å². The van der Waals surface area contributed by atoms with E-state index in [0.717, 1.165) is 6.42 Å². The largest absolute Gasteiger partial charge is 0.492 e. The van der Waals surface area contributed by atoms with E-state index in [-0.39, 0.29) is 11.3 Å². The lowest BCUT2D eigenvalue weighted by Crippen LogP contribution is -2.10. The number of hydrogen-bond acceptors (Lipinski definition) is 4. The molecule has 0 spiro atoms. The van der Waals surface area contributed by atoms with E-state index < -0.39 is 11.9 Å². The maximum Gasteiger partial charge on any atom is 0.343 e. The molecule has 2 rings (SSSR count). The van der Waals surface area contributed by atoms with Crippen molar-refractivity contribution in [3.05, 3.63) is 56.5 Å². The number of aromatic carboxylic acids is 1. The SMILES string of the molecule is CC(C)CCOc1ccc(C(=O)Oc2ccc(C(=O)O)cc2Br)cc1Br. The van der Waals surface area contributed by atoms with Gasteiger partial charge in [-0.05, 0) is 80.6 Å². The Kier molecular flexibility index (Phi) is 7.23. The number of carbonyl (C=O) groups is 2. The lowest BCUT2D eigenvalue weighted by atomic mass is 10.1. The second-order valence-corrected chi connectivity index (χ2v) is 7.72. The molecule has 26 heavy (non-hydrogen) atoms. The van der Waals surface area contributed by atoms with Crippen molar-refractivity contribution in [1.29, 1.82) is 0 Å². The summed E-state index contributed by atoms with van der Waals surface area (Å²) in [6.45, 7) is 4.85. The zero-order valence-electron chi connectivity index (χ0n) is 14.3. The molecule has 0 fully saturated rings. The van der Waals surface area contributed by atoms with Crippen molar-refractivity contribution in [3.63, 3.8) is 0 Å². The monoisotopic (exact) mass is 484 g/mol. The Bertz CT molecular complexity index is 818. The van der Waals surface area contributed by atoms with Gasteiger partial charge in [-0.15, -0.1) is 0 Å². The number of hydrogen-bond donors (Lipinski definition) is 1. The Morgan fingerprint density at radius 1 is 1.00 bits per heavy atom. The Hall–Kier alpha value is -1.86. The van der Waals surface area contributed by atoms with Crippen LogP contribution in [-0.2, 0) is 0 Å². The molecular weight excluding hydrogens is 468 g/mol. The fourth-order valence-electron chi connectivity index (χ4n) is 2.02. The van der Waals surface area contributed by atoms with Gasteiger partial charge < -0.3 is 14.6 Å². The first-order valence-corrected chi connectivity index (χ1v) is 9.54. The van der Waals surface area contributed by atoms with E-state index in [1.807, 2.05) is 0 Å². The number of carboxylic acid groups (broad SMARTS) is 1. The molecule has 0 saturated carbocycles. The van der Waals surface area contributed by atoms with Crippen molar-refractivity contribution in [2.75, 3.05) is 6.61 Å². The predicted molar refractivity (Wildman–Crippen MR) is 105 cm³/mol. The fraction of sp³-hybridized carbons (Fsp3) is 0.263. The van der Waals surface area contributed by atoms with Gasteiger partial charge in [0.05, 0.1) is 26.7 Å². The zero-order chi connectivity index (χ0) is 19.3. The number of ether oxygens (including phenoxy) is 2. The van der Waals surface area contributed by atoms with Gasteiger partial charge in [0.1, 0.15) is 11.5 Å². The van der Waals surface area contributed by atoms with Gasteiger partial charge in [-0.1, -0.05) is 13.8 Å². The number of halogens is 2. The van der Waals surface area contributed by atoms with E-state index in [9.17, 15) is 9.59 Å². The Balaban J connectivity index is 2.08. The van der Waals surface area contributed by atoms with E-state index >= 15 is 0 Å². The highest BCUT2D eigenvalue weighted by Gasteiger charge is 2.15. The number of benzene rings is 2. The molecule has 0 saturated heterocycles. The van der Waals surface area contributed by atoms with Crippen molar-refractivity contribution < 1.29 is 24.2 Å². The molecule has 0 unspecified atom stereocenters. The Morgan fingerprint density at radius 2 is 1.58 bits per heavy atom. The smallest absolute Gasteiger partial charge is 0.343 e. The van der Waals surface area contributed by atoms with Crippen LogP contribution in [0, 0.1) is 5.92 Å². The van der Waals surface area contributed by atoms with Gasteiger partial charge in [-0.25, -0.2) is 9.59 Å². The summed E-state index contributed by atoms with van der Waals surface area (Å²) in [6, 6.07) is 9.15. The normalized spacial score (nSPS) is 10.7. The lowest BCUT2D eigenvalue weighted by molar-refractivity contribution is 0.0696. The minimum atomic E-state index is -1.06. The van der Waals surface area contributed by atoms with Gasteiger partial charge in [0, 0.05) is 0 Å². The van der Waals surface area contributed by atoms with Gasteiger partial charge in [-0.2, -0.15) is 0 Å². The molecule has 0 atom stereocenters. The first kappa shape index (κ1) is 20.5. The summed E-state index contributed by atoms with van der Waals surface area (Å²) in [7, 11) is 0. The lowest BCUT2D eigenvalue weighted by Gasteiger charge is -2.11. The Morgan fingerprint density at radius 3 is 2.15 bits per heavy atom. The van der Waals surface area contributed by atoms with Crippen molar-refractivity contribution >= 4 is 43.8 Å². The summed E-state index contributed by atoms with van der Waals surface area (Å²) in [5.74, 6) is -0.152. The molecule has 0 amide bonds.